The number of carbonyl (C=O) groups is 2. The van der Waals surface area contributed by atoms with Gasteiger partial charge in [-0.1, -0.05) is 23.5 Å². The zero-order valence-corrected chi connectivity index (χ0v) is 19.9. The number of anilines is 1. The molecule has 1 fully saturated rings. The number of aryl methyl sites for hydroxylation is 1. The fourth-order valence-electron chi connectivity index (χ4n) is 4.73. The average Bonchev–Trinajstić information content (AvgIpc) is 3.51. The molecule has 0 radical (unpaired) electrons. The molecule has 2 atom stereocenters. The maximum absolute atomic E-state index is 13.4. The second kappa shape index (κ2) is 8.02. The summed E-state index contributed by atoms with van der Waals surface area (Å²) in [6.07, 6.45) is 3.98. The van der Waals surface area contributed by atoms with Gasteiger partial charge < -0.3 is 9.84 Å². The molecular weight excluding hydrogens is 462 g/mol. The monoisotopic (exact) mass is 483 g/mol. The van der Waals surface area contributed by atoms with Gasteiger partial charge in [0.25, 0.3) is 5.78 Å². The van der Waals surface area contributed by atoms with Crippen LogP contribution in [0.3, 0.4) is 0 Å². The summed E-state index contributed by atoms with van der Waals surface area (Å²) < 4.78 is 6.68. The third-order valence-electron chi connectivity index (χ3n) is 6.35. The van der Waals surface area contributed by atoms with E-state index in [1.54, 1.807) is 36.7 Å². The summed E-state index contributed by atoms with van der Waals surface area (Å²) in [5, 5.41) is 11.8. The number of Topliss-reactive ketones (excluding diaryl/α,β-unsaturated/α-hetero) is 1. The van der Waals surface area contributed by atoms with E-state index in [1.165, 1.54) is 16.2 Å². The number of aliphatic hydroxyl groups excluding tert-OH is 1. The summed E-state index contributed by atoms with van der Waals surface area (Å²) in [6.45, 7) is 3.97. The SMILES string of the molecule is Cc1ccc2nc(N3C(=O)C(=O)/C(=C(/O)c4ccc5c(c4)C[C@@H](C)O5)[C@@H]3c3cccnc3)sc2c1. The van der Waals surface area contributed by atoms with Crippen LogP contribution in [-0.2, 0) is 16.0 Å². The van der Waals surface area contributed by atoms with Gasteiger partial charge in [0.05, 0.1) is 21.8 Å². The highest BCUT2D eigenvalue weighted by Gasteiger charge is 2.48. The number of ketones is 1. The summed E-state index contributed by atoms with van der Waals surface area (Å²) in [5.74, 6) is -0.937. The van der Waals surface area contributed by atoms with Crippen molar-refractivity contribution in [2.75, 3.05) is 4.90 Å². The van der Waals surface area contributed by atoms with Crippen LogP contribution in [0.1, 0.15) is 35.2 Å². The van der Waals surface area contributed by atoms with E-state index in [-0.39, 0.29) is 17.4 Å². The second-order valence-electron chi connectivity index (χ2n) is 8.88. The molecule has 0 bridgehead atoms. The number of aromatic nitrogens is 2. The highest BCUT2D eigenvalue weighted by molar-refractivity contribution is 7.22. The number of ether oxygens (including phenoxy) is 1. The summed E-state index contributed by atoms with van der Waals surface area (Å²) in [5.41, 5.74) is 3.87. The molecule has 174 valence electrons. The molecule has 0 spiro atoms. The lowest BCUT2D eigenvalue weighted by molar-refractivity contribution is -0.132. The van der Waals surface area contributed by atoms with Crippen LogP contribution in [0.2, 0.25) is 0 Å². The van der Waals surface area contributed by atoms with Crippen molar-refractivity contribution in [3.05, 3.63) is 88.8 Å². The zero-order valence-electron chi connectivity index (χ0n) is 19.1. The summed E-state index contributed by atoms with van der Waals surface area (Å²) >= 11 is 1.34. The number of thiazole rings is 1. The van der Waals surface area contributed by atoms with E-state index in [4.69, 9.17) is 4.74 Å². The van der Waals surface area contributed by atoms with E-state index < -0.39 is 17.7 Å². The molecule has 4 aromatic rings. The fourth-order valence-corrected chi connectivity index (χ4v) is 5.82. The van der Waals surface area contributed by atoms with Gasteiger partial charge in [-0.25, -0.2) is 4.98 Å². The topological polar surface area (TPSA) is 92.6 Å². The van der Waals surface area contributed by atoms with E-state index >= 15 is 0 Å². The lowest BCUT2D eigenvalue weighted by atomic mass is 9.95. The number of amides is 1. The molecule has 0 unspecified atom stereocenters. The molecule has 2 aromatic carbocycles. The minimum absolute atomic E-state index is 0.0188. The van der Waals surface area contributed by atoms with Crippen LogP contribution < -0.4 is 9.64 Å². The van der Waals surface area contributed by atoms with Crippen molar-refractivity contribution in [1.82, 2.24) is 9.97 Å². The number of benzene rings is 2. The van der Waals surface area contributed by atoms with Gasteiger partial charge in [0.15, 0.2) is 5.13 Å². The van der Waals surface area contributed by atoms with E-state index in [0.717, 1.165) is 27.1 Å². The van der Waals surface area contributed by atoms with Gasteiger partial charge in [-0.3, -0.25) is 19.5 Å². The van der Waals surface area contributed by atoms with E-state index in [2.05, 4.69) is 9.97 Å². The molecule has 2 aliphatic heterocycles. The van der Waals surface area contributed by atoms with E-state index in [9.17, 15) is 14.7 Å². The van der Waals surface area contributed by atoms with Crippen LogP contribution in [0.4, 0.5) is 5.13 Å². The number of hydrogen-bond donors (Lipinski definition) is 1. The third-order valence-corrected chi connectivity index (χ3v) is 7.37. The van der Waals surface area contributed by atoms with Crippen LogP contribution in [-0.4, -0.2) is 32.9 Å². The first-order valence-corrected chi connectivity index (χ1v) is 12.1. The van der Waals surface area contributed by atoms with Crippen LogP contribution in [0.5, 0.6) is 5.75 Å². The zero-order chi connectivity index (χ0) is 24.3. The third kappa shape index (κ3) is 3.49. The number of carbonyl (C=O) groups excluding carboxylic acids is 2. The largest absolute Gasteiger partial charge is 0.507 e. The first-order chi connectivity index (χ1) is 16.9. The summed E-state index contributed by atoms with van der Waals surface area (Å²) in [7, 11) is 0. The van der Waals surface area contributed by atoms with Crippen LogP contribution in [0.25, 0.3) is 16.0 Å². The minimum atomic E-state index is -0.853. The summed E-state index contributed by atoms with van der Waals surface area (Å²) in [6, 6.07) is 13.9. The second-order valence-corrected chi connectivity index (χ2v) is 9.89. The molecule has 35 heavy (non-hydrogen) atoms. The Bertz CT molecular complexity index is 1540. The first-order valence-electron chi connectivity index (χ1n) is 11.3. The van der Waals surface area contributed by atoms with Gasteiger partial charge in [0.1, 0.15) is 17.6 Å². The molecular formula is C27H21N3O4S. The Morgan fingerprint density at radius 1 is 1.17 bits per heavy atom. The molecule has 0 aliphatic carbocycles. The van der Waals surface area contributed by atoms with Gasteiger partial charge in [-0.05, 0) is 66.9 Å². The Morgan fingerprint density at radius 2 is 2.03 bits per heavy atom. The van der Waals surface area contributed by atoms with Gasteiger partial charge >= 0.3 is 5.91 Å². The van der Waals surface area contributed by atoms with Crippen LogP contribution >= 0.6 is 11.3 Å². The van der Waals surface area contributed by atoms with Gasteiger partial charge in [0.2, 0.25) is 0 Å². The number of fused-ring (bicyclic) bond motifs is 2. The number of rotatable bonds is 3. The molecule has 7 nitrogen and oxygen atoms in total. The molecule has 0 saturated carbocycles. The maximum atomic E-state index is 13.4. The Balaban J connectivity index is 1.53. The van der Waals surface area contributed by atoms with E-state index in [1.807, 2.05) is 38.1 Å². The molecule has 1 amide bonds. The standard InChI is InChI=1S/C27H21N3O4S/c1-14-5-7-19-21(10-14)35-27(29-19)30-23(17-4-3-9-28-13-17)22(25(32)26(30)33)24(31)16-6-8-20-18(12-16)11-15(2)34-20/h3-10,12-13,15,23,31H,11H2,1-2H3/b24-22+/t15-,23+/m1/s1. The average molecular weight is 484 g/mol. The lowest BCUT2D eigenvalue weighted by Gasteiger charge is -2.22. The van der Waals surface area contributed by atoms with Gasteiger partial charge in [-0.15, -0.1) is 0 Å². The first kappa shape index (κ1) is 21.5. The molecule has 1 saturated heterocycles. The number of hydrogen-bond acceptors (Lipinski definition) is 7. The Morgan fingerprint density at radius 3 is 2.83 bits per heavy atom. The highest BCUT2D eigenvalue weighted by atomic mass is 32.1. The predicted octanol–water partition coefficient (Wildman–Crippen LogP) is 4.95. The van der Waals surface area contributed by atoms with Crippen molar-refractivity contribution in [2.24, 2.45) is 0 Å². The number of pyridine rings is 1. The molecule has 2 aliphatic rings. The van der Waals surface area contributed by atoms with Crippen LogP contribution in [0.15, 0.2) is 66.5 Å². The van der Waals surface area contributed by atoms with Crippen molar-refractivity contribution in [2.45, 2.75) is 32.4 Å². The van der Waals surface area contributed by atoms with Crippen molar-refractivity contribution >= 4 is 44.1 Å². The Hall–Kier alpha value is -4.04. The predicted molar refractivity (Wildman–Crippen MR) is 134 cm³/mol. The molecule has 2 aromatic heterocycles. The highest BCUT2D eigenvalue weighted by Crippen LogP contribution is 2.44. The lowest BCUT2D eigenvalue weighted by Crippen LogP contribution is -2.29. The Kier molecular flexibility index (Phi) is 4.93. The molecule has 4 heterocycles. The molecule has 1 N–H and O–H groups in total. The van der Waals surface area contributed by atoms with Crippen molar-refractivity contribution in [3.8, 4) is 5.75 Å². The fraction of sp³-hybridized carbons (Fsp3) is 0.185. The quantitative estimate of drug-likeness (QED) is 0.252. The van der Waals surface area contributed by atoms with Crippen LogP contribution in [0, 0.1) is 6.92 Å². The van der Waals surface area contributed by atoms with Crippen molar-refractivity contribution in [3.63, 3.8) is 0 Å². The van der Waals surface area contributed by atoms with E-state index in [0.29, 0.717) is 22.7 Å². The number of aliphatic hydroxyl groups is 1. The summed E-state index contributed by atoms with van der Waals surface area (Å²) in [4.78, 5) is 37.0. The number of nitrogens with zero attached hydrogens (tertiary/aromatic N) is 3. The van der Waals surface area contributed by atoms with Crippen molar-refractivity contribution in [1.29, 1.82) is 0 Å². The minimum Gasteiger partial charge on any atom is -0.507 e. The smallest absolute Gasteiger partial charge is 0.301 e. The normalized spacial score (nSPS) is 20.9. The maximum Gasteiger partial charge on any atom is 0.301 e. The van der Waals surface area contributed by atoms with Gasteiger partial charge in [0, 0.05) is 24.4 Å². The molecule has 8 heteroatoms. The van der Waals surface area contributed by atoms with Crippen molar-refractivity contribution < 1.29 is 19.4 Å². The molecule has 6 rings (SSSR count). The van der Waals surface area contributed by atoms with Gasteiger partial charge in [-0.2, -0.15) is 0 Å². The Labute approximate surface area is 205 Å².